The van der Waals surface area contributed by atoms with E-state index in [2.05, 4.69) is 52.4 Å². The Kier molecular flexibility index (Phi) is 12.6. The van der Waals surface area contributed by atoms with E-state index >= 15 is 0 Å². The predicted octanol–water partition coefficient (Wildman–Crippen LogP) is 8.00. The summed E-state index contributed by atoms with van der Waals surface area (Å²) in [4.78, 5) is 31.5. The van der Waals surface area contributed by atoms with E-state index in [-0.39, 0.29) is 11.8 Å². The van der Waals surface area contributed by atoms with Gasteiger partial charge in [-0.15, -0.1) is 11.3 Å². The summed E-state index contributed by atoms with van der Waals surface area (Å²) >= 11 is 1.81. The smallest absolute Gasteiger partial charge is 0.306 e. The molecule has 1 aromatic heterocycles. The maximum Gasteiger partial charge on any atom is 0.306 e. The topological polar surface area (TPSA) is 73.3 Å². The predicted molar refractivity (Wildman–Crippen MR) is 186 cm³/mol. The zero-order valence-electron chi connectivity index (χ0n) is 27.1. The van der Waals surface area contributed by atoms with Crippen LogP contribution in [-0.2, 0) is 16.0 Å². The molecular weight excluding hydrogens is 582 g/mol. The Bertz CT molecular complexity index is 1380. The zero-order chi connectivity index (χ0) is 31.4. The van der Waals surface area contributed by atoms with Crippen LogP contribution in [0.5, 0.6) is 5.75 Å². The lowest BCUT2D eigenvalue weighted by molar-refractivity contribution is -0.142. The number of anilines is 2. The second-order valence-electron chi connectivity index (χ2n) is 12.7. The van der Waals surface area contributed by atoms with E-state index in [0.29, 0.717) is 19.6 Å². The summed E-state index contributed by atoms with van der Waals surface area (Å²) in [7, 11) is 0. The number of hydrogen-bond acceptors (Lipinski definition) is 6. The molecule has 1 amide bonds. The molecule has 1 saturated heterocycles. The molecule has 8 heteroatoms. The number of carboxylic acids is 1. The number of unbranched alkanes of at least 4 members (excludes halogenated alkanes) is 5. The minimum absolute atomic E-state index is 0.176. The molecule has 244 valence electrons. The average molecular weight is 634 g/mol. The highest BCUT2D eigenvalue weighted by atomic mass is 32.1. The van der Waals surface area contributed by atoms with Crippen molar-refractivity contribution in [2.75, 3.05) is 55.7 Å². The van der Waals surface area contributed by atoms with Gasteiger partial charge in [0.15, 0.2) is 0 Å². The Hall–Kier alpha value is -3.10. The fourth-order valence-corrected chi connectivity index (χ4v) is 7.62. The Balaban J connectivity index is 1.01. The van der Waals surface area contributed by atoms with Crippen molar-refractivity contribution in [3.05, 3.63) is 53.4 Å². The van der Waals surface area contributed by atoms with E-state index in [1.165, 1.54) is 21.3 Å². The summed E-state index contributed by atoms with van der Waals surface area (Å²) in [5, 5.41) is 13.1. The molecule has 5 rings (SSSR count). The summed E-state index contributed by atoms with van der Waals surface area (Å²) < 4.78 is 7.53. The van der Waals surface area contributed by atoms with Gasteiger partial charge in [0.1, 0.15) is 5.75 Å². The number of carbonyl (C=O) groups excluding carboxylic acids is 1. The van der Waals surface area contributed by atoms with E-state index in [1.54, 1.807) is 0 Å². The largest absolute Gasteiger partial charge is 0.494 e. The summed E-state index contributed by atoms with van der Waals surface area (Å²) in [6.45, 7) is 8.91. The Labute approximate surface area is 273 Å². The van der Waals surface area contributed by atoms with Crippen molar-refractivity contribution in [1.29, 1.82) is 0 Å². The molecule has 1 fully saturated rings. The lowest BCUT2D eigenvalue weighted by Crippen LogP contribution is -2.46. The van der Waals surface area contributed by atoms with Crippen molar-refractivity contribution >= 4 is 44.7 Å². The monoisotopic (exact) mass is 633 g/mol. The van der Waals surface area contributed by atoms with Gasteiger partial charge in [-0.1, -0.05) is 51.2 Å². The third-order valence-corrected chi connectivity index (χ3v) is 10.4. The highest BCUT2D eigenvalue weighted by molar-refractivity contribution is 7.17. The van der Waals surface area contributed by atoms with Gasteiger partial charge < -0.3 is 19.6 Å². The number of benzene rings is 2. The molecule has 1 N–H and O–H groups in total. The summed E-state index contributed by atoms with van der Waals surface area (Å²) in [5.74, 6) is 0.104. The molecule has 2 aromatic carbocycles. The van der Waals surface area contributed by atoms with E-state index in [4.69, 9.17) is 4.74 Å². The van der Waals surface area contributed by atoms with E-state index in [0.717, 1.165) is 115 Å². The summed E-state index contributed by atoms with van der Waals surface area (Å²) in [6.07, 6.45) is 10.8. The van der Waals surface area contributed by atoms with Gasteiger partial charge in [0.25, 0.3) is 0 Å². The molecule has 0 saturated carbocycles. The number of nitrogens with zero attached hydrogens (tertiary/aromatic N) is 3. The molecule has 0 aliphatic carbocycles. The molecule has 45 heavy (non-hydrogen) atoms. The minimum atomic E-state index is -0.666. The maximum atomic E-state index is 12.9. The Morgan fingerprint density at radius 2 is 1.69 bits per heavy atom. The van der Waals surface area contributed by atoms with Crippen LogP contribution in [0.25, 0.3) is 10.1 Å². The Morgan fingerprint density at radius 3 is 2.49 bits per heavy atom. The van der Waals surface area contributed by atoms with Crippen molar-refractivity contribution in [3.63, 3.8) is 0 Å². The SMILES string of the molecule is CCCCCC(CCCCCN1C(=O)CCc2ccc(OCCCCN3CCN(c4cccc5sccc45)CC3)cc21)C(=O)O. The number of ether oxygens (including phenoxy) is 1. The molecule has 0 radical (unpaired) electrons. The maximum absolute atomic E-state index is 12.9. The second-order valence-corrected chi connectivity index (χ2v) is 13.7. The van der Waals surface area contributed by atoms with Gasteiger partial charge in [-0.3, -0.25) is 14.5 Å². The molecule has 0 spiro atoms. The molecule has 3 aromatic rings. The number of amides is 1. The normalized spacial score (nSPS) is 16.2. The van der Waals surface area contributed by atoms with E-state index in [1.807, 2.05) is 28.4 Å². The quantitative estimate of drug-likeness (QED) is 0.143. The van der Waals surface area contributed by atoms with Crippen molar-refractivity contribution in [2.45, 2.75) is 84.0 Å². The van der Waals surface area contributed by atoms with E-state index in [9.17, 15) is 14.7 Å². The van der Waals surface area contributed by atoms with Crippen LogP contribution in [-0.4, -0.2) is 67.8 Å². The van der Waals surface area contributed by atoms with Gasteiger partial charge in [-0.05, 0) is 80.3 Å². The van der Waals surface area contributed by atoms with Crippen LogP contribution in [0, 0.1) is 5.92 Å². The van der Waals surface area contributed by atoms with Crippen molar-refractivity contribution in [2.24, 2.45) is 5.92 Å². The lowest BCUT2D eigenvalue weighted by atomic mass is 9.95. The third-order valence-electron chi connectivity index (χ3n) is 9.52. The van der Waals surface area contributed by atoms with Crippen LogP contribution in [0.1, 0.15) is 83.1 Å². The van der Waals surface area contributed by atoms with Crippen LogP contribution >= 0.6 is 11.3 Å². The van der Waals surface area contributed by atoms with Gasteiger partial charge in [-0.2, -0.15) is 0 Å². The highest BCUT2D eigenvalue weighted by Gasteiger charge is 2.25. The van der Waals surface area contributed by atoms with Gasteiger partial charge >= 0.3 is 5.97 Å². The van der Waals surface area contributed by atoms with Gasteiger partial charge in [-0.25, -0.2) is 0 Å². The molecule has 7 nitrogen and oxygen atoms in total. The Morgan fingerprint density at radius 1 is 0.889 bits per heavy atom. The number of rotatable bonds is 18. The zero-order valence-corrected chi connectivity index (χ0v) is 27.9. The summed E-state index contributed by atoms with van der Waals surface area (Å²) in [6, 6.07) is 15.1. The second kappa shape index (κ2) is 17.0. The molecule has 2 aliphatic rings. The number of thiophene rings is 1. The fraction of sp³-hybridized carbons (Fsp3) is 0.568. The van der Waals surface area contributed by atoms with Gasteiger partial charge in [0.2, 0.25) is 5.91 Å². The first-order valence-electron chi connectivity index (χ1n) is 17.3. The number of fused-ring (bicyclic) bond motifs is 2. The van der Waals surface area contributed by atoms with Crippen LogP contribution in [0.2, 0.25) is 0 Å². The standard InChI is InChI=1S/C37H51N3O4S/c1-2-3-5-11-30(37(42)43)12-6-4-7-21-40-34-28-31(17-15-29(34)16-18-36(40)41)44-26-9-8-20-38-22-24-39(25-23-38)33-13-10-14-35-32(33)19-27-45-35/h10,13-15,17,19,27-28,30H,2-9,11-12,16,18,20-26H2,1H3,(H,42,43). The van der Waals surface area contributed by atoms with Crippen LogP contribution < -0.4 is 14.5 Å². The molecule has 0 bridgehead atoms. The molecular formula is C37H51N3O4S. The minimum Gasteiger partial charge on any atom is -0.494 e. The number of piperazine rings is 1. The van der Waals surface area contributed by atoms with Crippen LogP contribution in [0.3, 0.4) is 0 Å². The molecule has 2 aliphatic heterocycles. The fourth-order valence-electron chi connectivity index (χ4n) is 6.82. The third kappa shape index (κ3) is 9.23. The van der Waals surface area contributed by atoms with Gasteiger partial charge in [0.05, 0.1) is 18.2 Å². The van der Waals surface area contributed by atoms with Gasteiger partial charge in [0, 0.05) is 61.0 Å². The first-order valence-corrected chi connectivity index (χ1v) is 18.1. The molecule has 1 unspecified atom stereocenters. The molecule has 3 heterocycles. The van der Waals surface area contributed by atoms with Crippen LogP contribution in [0.4, 0.5) is 11.4 Å². The first kappa shape index (κ1) is 33.3. The van der Waals surface area contributed by atoms with Crippen LogP contribution in [0.15, 0.2) is 47.8 Å². The average Bonchev–Trinajstić information content (AvgIpc) is 3.54. The van der Waals surface area contributed by atoms with Crippen molar-refractivity contribution in [3.8, 4) is 5.75 Å². The van der Waals surface area contributed by atoms with Crippen molar-refractivity contribution in [1.82, 2.24) is 4.90 Å². The number of aliphatic carboxylic acids is 1. The number of hydrogen-bond donors (Lipinski definition) is 1. The number of carbonyl (C=O) groups is 2. The number of carboxylic acid groups (broad SMARTS) is 1. The summed E-state index contributed by atoms with van der Waals surface area (Å²) in [5.41, 5.74) is 3.56. The van der Waals surface area contributed by atoms with E-state index < -0.39 is 5.97 Å². The molecule has 1 atom stereocenters. The first-order chi connectivity index (χ1) is 22.0. The number of aryl methyl sites for hydroxylation is 1. The lowest BCUT2D eigenvalue weighted by Gasteiger charge is -2.36. The highest BCUT2D eigenvalue weighted by Crippen LogP contribution is 2.33. The van der Waals surface area contributed by atoms with Crippen molar-refractivity contribution < 1.29 is 19.4 Å².